The van der Waals surface area contributed by atoms with Crippen LogP contribution in [-0.2, 0) is 29.0 Å². The van der Waals surface area contributed by atoms with E-state index in [4.69, 9.17) is 9.72 Å². The maximum absolute atomic E-state index is 14.0. The number of aromatic nitrogens is 2. The Morgan fingerprint density at radius 1 is 0.923 bits per heavy atom. The second kappa shape index (κ2) is 13.1. The van der Waals surface area contributed by atoms with Crippen LogP contribution in [0.3, 0.4) is 0 Å². The van der Waals surface area contributed by atoms with Crippen LogP contribution in [0.2, 0.25) is 0 Å². The molecule has 2 fully saturated rings. The molecular weight excluding hydrogens is 488 g/mol. The lowest BCUT2D eigenvalue weighted by Gasteiger charge is -2.42. The fraction of sp³-hybridized carbons (Fsp3) is 0.531. The number of amides is 2. The maximum Gasteiger partial charge on any atom is 0.243 e. The third kappa shape index (κ3) is 6.81. The molecule has 0 unspecified atom stereocenters. The number of hydrogen-bond acceptors (Lipinski definition) is 4. The second-order valence-electron chi connectivity index (χ2n) is 11.1. The number of methoxy groups -OCH3 is 1. The van der Waals surface area contributed by atoms with E-state index in [1.54, 1.807) is 7.11 Å². The summed E-state index contributed by atoms with van der Waals surface area (Å²) in [6.45, 7) is 0.782. The Morgan fingerprint density at radius 2 is 1.56 bits per heavy atom. The molecule has 5 rings (SSSR count). The molecule has 3 aromatic rings. The Labute approximate surface area is 231 Å². The lowest BCUT2D eigenvalue weighted by atomic mass is 9.88. The van der Waals surface area contributed by atoms with E-state index >= 15 is 0 Å². The average Bonchev–Trinajstić information content (AvgIpc) is 3.31. The zero-order chi connectivity index (χ0) is 27.0. The van der Waals surface area contributed by atoms with Gasteiger partial charge in [0.05, 0.1) is 24.6 Å². The van der Waals surface area contributed by atoms with Gasteiger partial charge < -0.3 is 19.5 Å². The van der Waals surface area contributed by atoms with Crippen LogP contribution >= 0.6 is 0 Å². The lowest BCUT2D eigenvalue weighted by Crippen LogP contribution is -2.50. The fourth-order valence-corrected chi connectivity index (χ4v) is 6.44. The van der Waals surface area contributed by atoms with Crippen molar-refractivity contribution in [1.82, 2.24) is 19.8 Å². The van der Waals surface area contributed by atoms with Gasteiger partial charge in [-0.1, -0.05) is 62.8 Å². The number of benzene rings is 2. The molecule has 0 aliphatic heterocycles. The van der Waals surface area contributed by atoms with E-state index in [1.807, 2.05) is 48.5 Å². The zero-order valence-corrected chi connectivity index (χ0v) is 23.2. The Balaban J connectivity index is 1.28. The van der Waals surface area contributed by atoms with Gasteiger partial charge in [-0.2, -0.15) is 0 Å². The van der Waals surface area contributed by atoms with Gasteiger partial charge in [0.2, 0.25) is 11.8 Å². The van der Waals surface area contributed by atoms with Gasteiger partial charge in [-0.3, -0.25) is 9.59 Å². The van der Waals surface area contributed by atoms with Crippen LogP contribution in [0.15, 0.2) is 48.5 Å². The number of imidazole rings is 1. The normalized spacial score (nSPS) is 16.7. The summed E-state index contributed by atoms with van der Waals surface area (Å²) in [5, 5.41) is 3.04. The first-order valence-electron chi connectivity index (χ1n) is 14.8. The molecule has 1 aromatic heterocycles. The molecule has 2 aromatic carbocycles. The molecule has 7 heteroatoms. The molecule has 2 amide bonds. The Morgan fingerprint density at radius 3 is 2.21 bits per heavy atom. The largest absolute Gasteiger partial charge is 0.497 e. The summed E-state index contributed by atoms with van der Waals surface area (Å²) >= 11 is 0. The number of nitrogens with zero attached hydrogens (tertiary/aromatic N) is 3. The predicted molar refractivity (Wildman–Crippen MR) is 154 cm³/mol. The second-order valence-corrected chi connectivity index (χ2v) is 11.1. The van der Waals surface area contributed by atoms with Crippen molar-refractivity contribution in [3.63, 3.8) is 0 Å². The van der Waals surface area contributed by atoms with Crippen molar-refractivity contribution >= 4 is 22.8 Å². The highest BCUT2D eigenvalue weighted by Crippen LogP contribution is 2.31. The number of nitrogens with one attached hydrogen (secondary N) is 1. The van der Waals surface area contributed by atoms with E-state index in [0.29, 0.717) is 38.0 Å². The fourth-order valence-electron chi connectivity index (χ4n) is 6.44. The highest BCUT2D eigenvalue weighted by Gasteiger charge is 2.33. The van der Waals surface area contributed by atoms with Gasteiger partial charge in [0, 0.05) is 25.0 Å². The molecule has 7 nitrogen and oxygen atoms in total. The predicted octanol–water partition coefficient (Wildman–Crippen LogP) is 5.44. The minimum atomic E-state index is -0.0281. The SMILES string of the molecule is COc1ccc(CC(=O)NCCc2nc3ccccc3n2CC(=O)N(C2CCCCC2)C2CCCCC2)cc1. The molecule has 2 aliphatic carbocycles. The number of rotatable bonds is 10. The molecule has 0 radical (unpaired) electrons. The van der Waals surface area contributed by atoms with Crippen molar-refractivity contribution in [3.8, 4) is 5.75 Å². The first-order chi connectivity index (χ1) is 19.1. The molecule has 0 bridgehead atoms. The van der Waals surface area contributed by atoms with Crippen molar-refractivity contribution in [2.75, 3.05) is 13.7 Å². The summed E-state index contributed by atoms with van der Waals surface area (Å²) < 4.78 is 7.29. The Hall–Kier alpha value is -3.35. The topological polar surface area (TPSA) is 76.5 Å². The van der Waals surface area contributed by atoms with Gasteiger partial charge >= 0.3 is 0 Å². The van der Waals surface area contributed by atoms with Crippen LogP contribution < -0.4 is 10.1 Å². The van der Waals surface area contributed by atoms with Gasteiger partial charge in [-0.25, -0.2) is 4.98 Å². The van der Waals surface area contributed by atoms with Gasteiger partial charge in [0.25, 0.3) is 0 Å². The van der Waals surface area contributed by atoms with Crippen LogP contribution in [-0.4, -0.2) is 52.0 Å². The van der Waals surface area contributed by atoms with E-state index in [-0.39, 0.29) is 11.8 Å². The van der Waals surface area contributed by atoms with E-state index < -0.39 is 0 Å². The summed E-state index contributed by atoms with van der Waals surface area (Å²) in [5.74, 6) is 1.82. The molecule has 0 spiro atoms. The van der Waals surface area contributed by atoms with E-state index in [0.717, 1.165) is 53.9 Å². The number of carbonyl (C=O) groups is 2. The number of fused-ring (bicyclic) bond motifs is 1. The van der Waals surface area contributed by atoms with Crippen LogP contribution in [0.5, 0.6) is 5.75 Å². The first-order valence-corrected chi connectivity index (χ1v) is 14.8. The number of ether oxygens (including phenoxy) is 1. The first kappa shape index (κ1) is 27.2. The lowest BCUT2D eigenvalue weighted by molar-refractivity contribution is -0.138. The van der Waals surface area contributed by atoms with Crippen molar-refractivity contribution in [1.29, 1.82) is 0 Å². The molecule has 1 N–H and O–H groups in total. The molecule has 39 heavy (non-hydrogen) atoms. The van der Waals surface area contributed by atoms with Gasteiger partial charge in [0.15, 0.2) is 0 Å². The minimum absolute atomic E-state index is 0.0281. The van der Waals surface area contributed by atoms with Gasteiger partial charge in [-0.05, 0) is 55.5 Å². The van der Waals surface area contributed by atoms with Crippen LogP contribution in [0, 0.1) is 0 Å². The van der Waals surface area contributed by atoms with Crippen LogP contribution in [0.25, 0.3) is 11.0 Å². The summed E-state index contributed by atoms with van der Waals surface area (Å²) in [4.78, 5) is 33.8. The summed E-state index contributed by atoms with van der Waals surface area (Å²) in [5.41, 5.74) is 2.82. The molecular formula is C32H42N4O3. The van der Waals surface area contributed by atoms with E-state index in [1.165, 1.54) is 38.5 Å². The van der Waals surface area contributed by atoms with Gasteiger partial charge in [-0.15, -0.1) is 0 Å². The number of hydrogen-bond donors (Lipinski definition) is 1. The smallest absolute Gasteiger partial charge is 0.243 e. The van der Waals surface area contributed by atoms with Crippen LogP contribution in [0.1, 0.15) is 75.6 Å². The Kier molecular flexibility index (Phi) is 9.17. The third-order valence-electron chi connectivity index (χ3n) is 8.45. The molecule has 0 saturated heterocycles. The van der Waals surface area contributed by atoms with Gasteiger partial charge in [0.1, 0.15) is 18.1 Å². The van der Waals surface area contributed by atoms with Crippen molar-refractivity contribution < 1.29 is 14.3 Å². The van der Waals surface area contributed by atoms with Crippen molar-refractivity contribution in [3.05, 3.63) is 59.9 Å². The van der Waals surface area contributed by atoms with Crippen molar-refractivity contribution in [2.24, 2.45) is 0 Å². The summed E-state index contributed by atoms with van der Waals surface area (Å²) in [6, 6.07) is 16.3. The Bertz CT molecular complexity index is 1220. The third-order valence-corrected chi connectivity index (χ3v) is 8.45. The highest BCUT2D eigenvalue weighted by atomic mass is 16.5. The summed E-state index contributed by atoms with van der Waals surface area (Å²) in [7, 11) is 1.63. The summed E-state index contributed by atoms with van der Waals surface area (Å²) in [6.07, 6.45) is 12.8. The minimum Gasteiger partial charge on any atom is -0.497 e. The number of para-hydroxylation sites is 2. The highest BCUT2D eigenvalue weighted by molar-refractivity contribution is 5.82. The maximum atomic E-state index is 14.0. The zero-order valence-electron chi connectivity index (χ0n) is 23.2. The average molecular weight is 531 g/mol. The van der Waals surface area contributed by atoms with E-state index in [9.17, 15) is 9.59 Å². The van der Waals surface area contributed by atoms with Crippen LogP contribution in [0.4, 0.5) is 0 Å². The molecule has 0 atom stereocenters. The quantitative estimate of drug-likeness (QED) is 0.379. The molecule has 208 valence electrons. The van der Waals surface area contributed by atoms with Crippen molar-refractivity contribution in [2.45, 2.75) is 95.7 Å². The molecule has 2 saturated carbocycles. The monoisotopic (exact) mass is 530 g/mol. The molecule has 1 heterocycles. The standard InChI is InChI=1S/C32H42N4O3/c1-39-27-18-16-24(17-19-27)22-31(37)33-21-20-30-34-28-14-8-9-15-29(28)35(30)23-32(38)36(25-10-4-2-5-11-25)26-12-6-3-7-13-26/h8-9,14-19,25-26H,2-7,10-13,20-23H2,1H3,(H,33,37). The van der Waals surface area contributed by atoms with E-state index in [2.05, 4.69) is 14.8 Å². The molecule has 2 aliphatic rings. The number of carbonyl (C=O) groups excluding carboxylic acids is 2.